The zero-order valence-electron chi connectivity index (χ0n) is 37.1. The smallest absolute Gasteiger partial charge is 0.320 e. The highest BCUT2D eigenvalue weighted by Gasteiger charge is 2.41. The summed E-state index contributed by atoms with van der Waals surface area (Å²) in [6, 6.07) is 42.5. The first-order chi connectivity index (χ1) is 31.0. The molecule has 2 aromatic heterocycles. The number of hydrogen-bond acceptors (Lipinski definition) is 7. The molecule has 1 aliphatic rings. The standard InChI is InChI=1S/C55H51FN4O4/c1-8-37-24-26-38(27-25-37)34-62-51-49(43(39-28-29-39)30-44-50(51)57-53(63-33-35(2)61-7)58-52(44)64-54(4,5)6)48-36(3)46(56)31-47-45(48)32-60(59-47)55(40-18-12-9-13-19-40,41-20-14-10-15-21-41)42-22-16-11-17-23-42/h1,9-27,30-32,35,39H,28-29,33-34H2,2-7H3/t35-/m1/s1. The van der Waals surface area contributed by atoms with Crippen molar-refractivity contribution in [2.75, 3.05) is 13.7 Å². The molecule has 1 atom stereocenters. The maximum absolute atomic E-state index is 16.9. The first-order valence-corrected chi connectivity index (χ1v) is 21.8. The van der Waals surface area contributed by atoms with Gasteiger partial charge in [-0.05, 0) is 105 Å². The number of terminal acetylenes is 1. The van der Waals surface area contributed by atoms with Crippen LogP contribution in [0.3, 0.4) is 0 Å². The van der Waals surface area contributed by atoms with Gasteiger partial charge in [0.1, 0.15) is 35.7 Å². The summed E-state index contributed by atoms with van der Waals surface area (Å²) in [5.41, 5.74) is 6.99. The SMILES string of the molecule is C#Cc1ccc(COc2c(-c3c(C)c(F)cc4nn(C(c5ccccc5)(c5ccccc5)c5ccccc5)cc34)c(C3CC3)cc3c(OC(C)(C)C)nc(OC[C@@H](C)OC)nc23)cc1. The van der Waals surface area contributed by atoms with E-state index in [0.717, 1.165) is 57.2 Å². The summed E-state index contributed by atoms with van der Waals surface area (Å²) < 4.78 is 44.3. The molecule has 322 valence electrons. The van der Waals surface area contributed by atoms with Gasteiger partial charge in [-0.3, -0.25) is 4.68 Å². The molecular formula is C55H51FN4O4. The van der Waals surface area contributed by atoms with Crippen LogP contribution in [0.25, 0.3) is 32.9 Å². The normalized spacial score (nSPS) is 13.5. The van der Waals surface area contributed by atoms with E-state index in [1.165, 1.54) is 0 Å². The minimum Gasteiger partial charge on any atom is -0.486 e. The molecule has 0 bridgehead atoms. The van der Waals surface area contributed by atoms with Crippen LogP contribution in [0.4, 0.5) is 4.39 Å². The fraction of sp³-hybridized carbons (Fsp3) is 0.255. The second-order valence-electron chi connectivity index (χ2n) is 17.5. The molecule has 6 aromatic carbocycles. The number of fused-ring (bicyclic) bond motifs is 2. The lowest BCUT2D eigenvalue weighted by molar-refractivity contribution is 0.0668. The highest BCUT2D eigenvalue weighted by Crippen LogP contribution is 2.54. The molecule has 1 aliphatic carbocycles. The molecule has 1 fully saturated rings. The molecule has 0 radical (unpaired) electrons. The van der Waals surface area contributed by atoms with Gasteiger partial charge in [-0.1, -0.05) is 109 Å². The Morgan fingerprint density at radius 2 is 1.41 bits per heavy atom. The quantitative estimate of drug-likeness (QED) is 0.0796. The van der Waals surface area contributed by atoms with Gasteiger partial charge >= 0.3 is 6.01 Å². The lowest BCUT2D eigenvalue weighted by Crippen LogP contribution is -2.38. The van der Waals surface area contributed by atoms with Gasteiger partial charge < -0.3 is 18.9 Å². The summed E-state index contributed by atoms with van der Waals surface area (Å²) >= 11 is 0. The van der Waals surface area contributed by atoms with Crippen LogP contribution in [0.2, 0.25) is 0 Å². The molecule has 0 aliphatic heterocycles. The van der Waals surface area contributed by atoms with Crippen molar-refractivity contribution in [3.8, 4) is 41.1 Å². The largest absolute Gasteiger partial charge is 0.486 e. The van der Waals surface area contributed by atoms with Crippen LogP contribution in [0.15, 0.2) is 134 Å². The van der Waals surface area contributed by atoms with E-state index in [1.54, 1.807) is 13.2 Å². The van der Waals surface area contributed by atoms with E-state index in [4.69, 9.17) is 40.4 Å². The number of aromatic nitrogens is 4. The fourth-order valence-corrected chi connectivity index (χ4v) is 8.53. The van der Waals surface area contributed by atoms with E-state index in [9.17, 15) is 0 Å². The molecule has 9 heteroatoms. The zero-order valence-corrected chi connectivity index (χ0v) is 37.1. The van der Waals surface area contributed by atoms with Crippen LogP contribution in [0, 0.1) is 25.1 Å². The van der Waals surface area contributed by atoms with Crippen LogP contribution in [-0.4, -0.2) is 45.2 Å². The van der Waals surface area contributed by atoms with Crippen LogP contribution in [0.5, 0.6) is 17.6 Å². The van der Waals surface area contributed by atoms with Gasteiger partial charge in [-0.25, -0.2) is 4.39 Å². The second-order valence-corrected chi connectivity index (χ2v) is 17.5. The number of halogens is 1. The van der Waals surface area contributed by atoms with Gasteiger partial charge in [0.15, 0.2) is 5.75 Å². The topological polar surface area (TPSA) is 80.5 Å². The monoisotopic (exact) mass is 850 g/mol. The first-order valence-electron chi connectivity index (χ1n) is 21.8. The Labute approximate surface area is 374 Å². The van der Waals surface area contributed by atoms with Crippen molar-refractivity contribution in [1.82, 2.24) is 19.7 Å². The summed E-state index contributed by atoms with van der Waals surface area (Å²) in [4.78, 5) is 9.91. The molecular weight excluding hydrogens is 800 g/mol. The van der Waals surface area contributed by atoms with Crippen LogP contribution < -0.4 is 14.2 Å². The first kappa shape index (κ1) is 42.3. The van der Waals surface area contributed by atoms with Crippen molar-refractivity contribution < 1.29 is 23.3 Å². The van der Waals surface area contributed by atoms with Crippen molar-refractivity contribution in [3.63, 3.8) is 0 Å². The van der Waals surface area contributed by atoms with E-state index in [1.807, 2.05) is 118 Å². The molecule has 8 aromatic rings. The summed E-state index contributed by atoms with van der Waals surface area (Å²) in [6.07, 6.45) is 9.47. The average Bonchev–Trinajstić information content (AvgIpc) is 4.08. The lowest BCUT2D eigenvalue weighted by atomic mass is 9.77. The Kier molecular flexibility index (Phi) is 11.4. The highest BCUT2D eigenvalue weighted by atomic mass is 19.1. The summed E-state index contributed by atoms with van der Waals surface area (Å²) in [5.74, 6) is 3.32. The Bertz CT molecular complexity index is 2890. The van der Waals surface area contributed by atoms with E-state index >= 15 is 4.39 Å². The van der Waals surface area contributed by atoms with E-state index < -0.39 is 11.1 Å². The highest BCUT2D eigenvalue weighted by molar-refractivity contribution is 6.05. The van der Waals surface area contributed by atoms with E-state index in [-0.39, 0.29) is 37.1 Å². The Hall–Kier alpha value is -7.02. The predicted octanol–water partition coefficient (Wildman–Crippen LogP) is 12.0. The van der Waals surface area contributed by atoms with E-state index in [0.29, 0.717) is 39.2 Å². The van der Waals surface area contributed by atoms with Gasteiger partial charge in [-0.2, -0.15) is 15.1 Å². The Morgan fingerprint density at radius 1 is 0.797 bits per heavy atom. The van der Waals surface area contributed by atoms with Gasteiger partial charge in [-0.15, -0.1) is 6.42 Å². The molecule has 2 heterocycles. The fourth-order valence-electron chi connectivity index (χ4n) is 8.53. The maximum atomic E-state index is 16.9. The van der Waals surface area contributed by atoms with Crippen molar-refractivity contribution in [3.05, 3.63) is 178 Å². The number of methoxy groups -OCH3 is 1. The third-order valence-corrected chi connectivity index (χ3v) is 11.9. The summed E-state index contributed by atoms with van der Waals surface area (Å²) in [7, 11) is 1.63. The predicted molar refractivity (Wildman–Crippen MR) is 251 cm³/mol. The van der Waals surface area contributed by atoms with Crippen molar-refractivity contribution in [1.29, 1.82) is 0 Å². The molecule has 0 saturated heterocycles. The third-order valence-electron chi connectivity index (χ3n) is 11.9. The molecule has 0 unspecified atom stereocenters. The third kappa shape index (κ3) is 8.06. The van der Waals surface area contributed by atoms with Gasteiger partial charge in [0, 0.05) is 41.4 Å². The number of nitrogens with zero attached hydrogens (tertiary/aromatic N) is 4. The lowest BCUT2D eigenvalue weighted by Gasteiger charge is -2.36. The maximum Gasteiger partial charge on any atom is 0.320 e. The Morgan fingerprint density at radius 3 is 1.95 bits per heavy atom. The summed E-state index contributed by atoms with van der Waals surface area (Å²) in [5, 5.41) is 6.79. The number of rotatable bonds is 14. The molecule has 0 amide bonds. The molecule has 0 spiro atoms. The van der Waals surface area contributed by atoms with Gasteiger partial charge in [0.2, 0.25) is 5.88 Å². The van der Waals surface area contributed by atoms with Crippen molar-refractivity contribution in [2.45, 2.75) is 77.2 Å². The van der Waals surface area contributed by atoms with Crippen molar-refractivity contribution >= 4 is 21.8 Å². The van der Waals surface area contributed by atoms with Gasteiger partial charge in [0.25, 0.3) is 0 Å². The molecule has 9 rings (SSSR count). The van der Waals surface area contributed by atoms with Gasteiger partial charge in [0.05, 0.1) is 17.0 Å². The van der Waals surface area contributed by atoms with Crippen LogP contribution in [-0.2, 0) is 16.9 Å². The zero-order chi connectivity index (χ0) is 44.6. The van der Waals surface area contributed by atoms with E-state index in [2.05, 4.69) is 54.6 Å². The summed E-state index contributed by atoms with van der Waals surface area (Å²) in [6.45, 7) is 10.1. The van der Waals surface area contributed by atoms with Crippen LogP contribution >= 0.6 is 0 Å². The minimum absolute atomic E-state index is 0.108. The number of ether oxygens (including phenoxy) is 4. The molecule has 64 heavy (non-hydrogen) atoms. The van der Waals surface area contributed by atoms with Crippen LogP contribution in [0.1, 0.15) is 85.4 Å². The molecule has 8 nitrogen and oxygen atoms in total. The Balaban J connectivity index is 1.37. The average molecular weight is 851 g/mol. The minimum atomic E-state index is -0.935. The molecule has 0 N–H and O–H groups in total. The number of hydrogen-bond donors (Lipinski definition) is 0. The number of benzene rings is 6. The second kappa shape index (κ2) is 17.3. The van der Waals surface area contributed by atoms with Crippen molar-refractivity contribution in [2.24, 2.45) is 0 Å². The molecule has 1 saturated carbocycles.